The van der Waals surface area contributed by atoms with E-state index in [1.807, 2.05) is 136 Å². The molecule has 0 saturated carbocycles. The van der Waals surface area contributed by atoms with Gasteiger partial charge in [0.25, 0.3) is 11.8 Å². The van der Waals surface area contributed by atoms with Crippen molar-refractivity contribution in [3.05, 3.63) is 143 Å². The standard InChI is InChI=1S/C43H36N4O4/c1-25-14-23-36(46-42(48)38-26(2)40(28-15-19-30(50-4)20-16-28)44-34-12-8-6-10-32(34)38)37(24-25)47-43(49)39-27(3)41(29-17-21-31(51-5)22-18-29)45-35-13-9-7-11-33(35)39/h6-24H,1-5H3,(H,46,48)(H,47,49). The van der Waals surface area contributed by atoms with Crippen molar-refractivity contribution in [3.63, 3.8) is 0 Å². The molecular formula is C43H36N4O4. The number of hydrogen-bond donors (Lipinski definition) is 2. The first-order valence-corrected chi connectivity index (χ1v) is 16.6. The molecule has 0 aliphatic rings. The summed E-state index contributed by atoms with van der Waals surface area (Å²) in [6, 6.07) is 36.0. The van der Waals surface area contributed by atoms with Crippen LogP contribution < -0.4 is 20.1 Å². The number of anilines is 2. The molecule has 0 aliphatic carbocycles. The van der Waals surface area contributed by atoms with Gasteiger partial charge >= 0.3 is 0 Å². The van der Waals surface area contributed by atoms with Crippen molar-refractivity contribution in [2.24, 2.45) is 0 Å². The van der Waals surface area contributed by atoms with Gasteiger partial charge in [0, 0.05) is 21.9 Å². The fourth-order valence-corrected chi connectivity index (χ4v) is 6.50. The number of hydrogen-bond acceptors (Lipinski definition) is 6. The molecule has 0 bridgehead atoms. The van der Waals surface area contributed by atoms with Gasteiger partial charge in [-0.05, 0) is 110 Å². The molecule has 5 aromatic carbocycles. The molecule has 2 aromatic heterocycles. The summed E-state index contributed by atoms with van der Waals surface area (Å²) in [7, 11) is 3.25. The Bertz CT molecular complexity index is 2460. The molecule has 0 atom stereocenters. The Labute approximate surface area is 296 Å². The van der Waals surface area contributed by atoms with E-state index in [1.165, 1.54) is 0 Å². The molecule has 0 fully saturated rings. The van der Waals surface area contributed by atoms with E-state index < -0.39 is 0 Å². The largest absolute Gasteiger partial charge is 0.497 e. The van der Waals surface area contributed by atoms with Crippen LogP contribution >= 0.6 is 0 Å². The van der Waals surface area contributed by atoms with Gasteiger partial charge in [0.15, 0.2) is 0 Å². The maximum atomic E-state index is 14.3. The van der Waals surface area contributed by atoms with Crippen molar-refractivity contribution in [2.45, 2.75) is 20.8 Å². The van der Waals surface area contributed by atoms with Crippen LogP contribution in [0.5, 0.6) is 11.5 Å². The molecule has 2 N–H and O–H groups in total. The molecule has 7 aromatic rings. The number of rotatable bonds is 8. The Morgan fingerprint density at radius 3 is 1.41 bits per heavy atom. The molecule has 2 amide bonds. The number of carbonyl (C=O) groups excluding carboxylic acids is 2. The van der Waals surface area contributed by atoms with Crippen LogP contribution in [0.2, 0.25) is 0 Å². The number of benzene rings is 5. The zero-order chi connectivity index (χ0) is 35.6. The lowest BCUT2D eigenvalue weighted by Crippen LogP contribution is -2.19. The lowest BCUT2D eigenvalue weighted by atomic mass is 9.96. The maximum Gasteiger partial charge on any atom is 0.256 e. The van der Waals surface area contributed by atoms with E-state index in [2.05, 4.69) is 10.6 Å². The third-order valence-electron chi connectivity index (χ3n) is 9.12. The van der Waals surface area contributed by atoms with E-state index in [-0.39, 0.29) is 11.8 Å². The number of nitrogens with one attached hydrogen (secondary N) is 2. The van der Waals surface area contributed by atoms with E-state index >= 15 is 0 Å². The Hall–Kier alpha value is -6.54. The second kappa shape index (κ2) is 13.8. The first-order chi connectivity index (χ1) is 24.7. The van der Waals surface area contributed by atoms with Gasteiger partial charge in [-0.2, -0.15) is 0 Å². The molecule has 7 rings (SSSR count). The zero-order valence-corrected chi connectivity index (χ0v) is 29.0. The minimum absolute atomic E-state index is 0.311. The Morgan fingerprint density at radius 2 is 0.961 bits per heavy atom. The molecule has 0 saturated heterocycles. The molecule has 0 spiro atoms. The molecule has 51 heavy (non-hydrogen) atoms. The molecule has 252 valence electrons. The normalized spacial score (nSPS) is 11.0. The Kier molecular flexibility index (Phi) is 8.90. The first kappa shape index (κ1) is 33.0. The second-order valence-corrected chi connectivity index (χ2v) is 12.4. The summed E-state index contributed by atoms with van der Waals surface area (Å²) in [6.07, 6.45) is 0. The third kappa shape index (κ3) is 6.35. The average Bonchev–Trinajstić information content (AvgIpc) is 3.15. The number of aryl methyl sites for hydroxylation is 1. The smallest absolute Gasteiger partial charge is 0.256 e. The van der Waals surface area contributed by atoms with Crippen LogP contribution in [-0.4, -0.2) is 36.0 Å². The number of para-hydroxylation sites is 2. The second-order valence-electron chi connectivity index (χ2n) is 12.4. The highest BCUT2D eigenvalue weighted by Gasteiger charge is 2.23. The number of pyridine rings is 2. The summed E-state index contributed by atoms with van der Waals surface area (Å²) in [5.74, 6) is 0.842. The Balaban J connectivity index is 1.27. The van der Waals surface area contributed by atoms with Gasteiger partial charge < -0.3 is 20.1 Å². The summed E-state index contributed by atoms with van der Waals surface area (Å²) in [6.45, 7) is 5.76. The summed E-state index contributed by atoms with van der Waals surface area (Å²) < 4.78 is 10.7. The number of aromatic nitrogens is 2. The van der Waals surface area contributed by atoms with Gasteiger partial charge in [-0.1, -0.05) is 42.5 Å². The predicted octanol–water partition coefficient (Wildman–Crippen LogP) is 9.56. The van der Waals surface area contributed by atoms with Gasteiger partial charge in [-0.25, -0.2) is 9.97 Å². The third-order valence-corrected chi connectivity index (χ3v) is 9.12. The van der Waals surface area contributed by atoms with Crippen LogP contribution in [0, 0.1) is 20.8 Å². The van der Waals surface area contributed by atoms with Crippen molar-refractivity contribution in [1.82, 2.24) is 9.97 Å². The van der Waals surface area contributed by atoms with Gasteiger partial charge in [0.05, 0.1) is 59.1 Å². The summed E-state index contributed by atoms with van der Waals surface area (Å²) >= 11 is 0. The van der Waals surface area contributed by atoms with E-state index in [0.717, 1.165) is 50.1 Å². The molecule has 8 nitrogen and oxygen atoms in total. The van der Waals surface area contributed by atoms with Crippen LogP contribution in [0.15, 0.2) is 115 Å². The number of carbonyl (C=O) groups is 2. The van der Waals surface area contributed by atoms with E-state index in [1.54, 1.807) is 14.2 Å². The fraction of sp³-hybridized carbons (Fsp3) is 0.116. The molecule has 2 heterocycles. The van der Waals surface area contributed by atoms with Crippen LogP contribution in [0.4, 0.5) is 11.4 Å². The van der Waals surface area contributed by atoms with E-state index in [9.17, 15) is 9.59 Å². The number of fused-ring (bicyclic) bond motifs is 2. The van der Waals surface area contributed by atoms with Crippen LogP contribution in [0.25, 0.3) is 44.3 Å². The van der Waals surface area contributed by atoms with Crippen molar-refractivity contribution in [1.29, 1.82) is 0 Å². The highest BCUT2D eigenvalue weighted by molar-refractivity contribution is 6.18. The molecule has 0 unspecified atom stereocenters. The van der Waals surface area contributed by atoms with Gasteiger partial charge in [0.2, 0.25) is 0 Å². The van der Waals surface area contributed by atoms with Crippen molar-refractivity contribution < 1.29 is 19.1 Å². The number of amides is 2. The minimum Gasteiger partial charge on any atom is -0.497 e. The monoisotopic (exact) mass is 672 g/mol. The van der Waals surface area contributed by atoms with E-state index in [0.29, 0.717) is 44.9 Å². The van der Waals surface area contributed by atoms with Gasteiger partial charge in [0.1, 0.15) is 11.5 Å². The van der Waals surface area contributed by atoms with Crippen molar-refractivity contribution >= 4 is 45.0 Å². The number of ether oxygens (including phenoxy) is 2. The van der Waals surface area contributed by atoms with Crippen LogP contribution in [-0.2, 0) is 0 Å². The SMILES string of the molecule is COc1ccc(-c2nc3ccccc3c(C(=O)Nc3ccc(C)cc3NC(=O)c3c(C)c(-c4ccc(OC)cc4)nc4ccccc34)c2C)cc1. The van der Waals surface area contributed by atoms with Gasteiger partial charge in [-0.3, -0.25) is 9.59 Å². The predicted molar refractivity (Wildman–Crippen MR) is 204 cm³/mol. The minimum atomic E-state index is -0.312. The number of methoxy groups -OCH3 is 2. The van der Waals surface area contributed by atoms with E-state index in [4.69, 9.17) is 19.4 Å². The van der Waals surface area contributed by atoms with Crippen molar-refractivity contribution in [2.75, 3.05) is 24.9 Å². The van der Waals surface area contributed by atoms with Gasteiger partial charge in [-0.15, -0.1) is 0 Å². The number of nitrogens with zero attached hydrogens (tertiary/aromatic N) is 2. The quantitative estimate of drug-likeness (QED) is 0.167. The van der Waals surface area contributed by atoms with Crippen molar-refractivity contribution in [3.8, 4) is 34.0 Å². The Morgan fingerprint density at radius 1 is 0.529 bits per heavy atom. The topological polar surface area (TPSA) is 102 Å². The summed E-state index contributed by atoms with van der Waals surface area (Å²) in [5, 5.41) is 7.70. The first-order valence-electron chi connectivity index (χ1n) is 16.6. The molecule has 0 aliphatic heterocycles. The lowest BCUT2D eigenvalue weighted by Gasteiger charge is -2.18. The summed E-state index contributed by atoms with van der Waals surface area (Å²) in [5.41, 5.74) is 8.88. The molecule has 8 heteroatoms. The highest BCUT2D eigenvalue weighted by Crippen LogP contribution is 2.34. The average molecular weight is 673 g/mol. The van der Waals surface area contributed by atoms with Crippen LogP contribution in [0.1, 0.15) is 37.4 Å². The summed E-state index contributed by atoms with van der Waals surface area (Å²) in [4.78, 5) is 38.5. The molecular weight excluding hydrogens is 636 g/mol. The zero-order valence-electron chi connectivity index (χ0n) is 29.0. The highest BCUT2D eigenvalue weighted by atomic mass is 16.5. The molecule has 0 radical (unpaired) electrons. The van der Waals surface area contributed by atoms with Crippen LogP contribution in [0.3, 0.4) is 0 Å². The lowest BCUT2D eigenvalue weighted by molar-refractivity contribution is 0.101. The fourth-order valence-electron chi connectivity index (χ4n) is 6.50. The maximum absolute atomic E-state index is 14.3.